The van der Waals surface area contributed by atoms with Gasteiger partial charge in [0.15, 0.2) is 0 Å². The van der Waals surface area contributed by atoms with Gasteiger partial charge in [0, 0.05) is 31.1 Å². The van der Waals surface area contributed by atoms with Crippen molar-refractivity contribution in [1.82, 2.24) is 10.1 Å². The molecular formula is C18H21N3O2. The Morgan fingerprint density at radius 3 is 2.61 bits per heavy atom. The molecule has 1 fully saturated rings. The fourth-order valence-electron chi connectivity index (χ4n) is 2.84. The largest absolute Gasteiger partial charge is 0.368 e. The highest BCUT2D eigenvalue weighted by Gasteiger charge is 2.24. The van der Waals surface area contributed by atoms with Crippen molar-refractivity contribution in [2.45, 2.75) is 25.7 Å². The molecule has 0 spiro atoms. The number of carbonyl (C=O) groups excluding carboxylic acids is 1. The molecule has 2 aromatic rings. The van der Waals surface area contributed by atoms with Gasteiger partial charge in [0.05, 0.1) is 5.69 Å². The molecule has 1 aliphatic rings. The van der Waals surface area contributed by atoms with Crippen molar-refractivity contribution in [1.29, 1.82) is 0 Å². The van der Waals surface area contributed by atoms with Crippen LogP contribution in [0.5, 0.6) is 0 Å². The maximum atomic E-state index is 12.3. The fourth-order valence-corrected chi connectivity index (χ4v) is 2.84. The van der Waals surface area contributed by atoms with Gasteiger partial charge in [-0.05, 0) is 31.4 Å². The first kappa shape index (κ1) is 15.3. The molecule has 1 saturated heterocycles. The maximum Gasteiger partial charge on any atom is 0.246 e. The monoisotopic (exact) mass is 311 g/mol. The van der Waals surface area contributed by atoms with E-state index < -0.39 is 0 Å². The van der Waals surface area contributed by atoms with Crippen LogP contribution in [0.4, 0.5) is 5.88 Å². The zero-order chi connectivity index (χ0) is 16.2. The Hall–Kier alpha value is -2.56. The number of hydrogen-bond acceptors (Lipinski definition) is 4. The Morgan fingerprint density at radius 2 is 2.00 bits per heavy atom. The van der Waals surface area contributed by atoms with Crippen molar-refractivity contribution in [3.05, 3.63) is 53.2 Å². The van der Waals surface area contributed by atoms with Crippen LogP contribution in [-0.2, 0) is 4.79 Å². The van der Waals surface area contributed by atoms with Gasteiger partial charge in [-0.25, -0.2) is 0 Å². The Balaban J connectivity index is 1.54. The molecule has 5 heteroatoms. The number of aromatic nitrogens is 1. The molecule has 0 radical (unpaired) electrons. The van der Waals surface area contributed by atoms with Crippen molar-refractivity contribution in [3.8, 4) is 0 Å². The number of rotatable bonds is 3. The predicted octanol–water partition coefficient (Wildman–Crippen LogP) is 2.98. The zero-order valence-electron chi connectivity index (χ0n) is 13.2. The summed E-state index contributed by atoms with van der Waals surface area (Å²) in [6.45, 7) is 3.51. The number of nitrogens with two attached hydrogens (primary N) is 1. The van der Waals surface area contributed by atoms with Gasteiger partial charge >= 0.3 is 0 Å². The number of nitrogen functional groups attached to an aromatic ring is 1. The van der Waals surface area contributed by atoms with E-state index in [0.717, 1.165) is 37.2 Å². The van der Waals surface area contributed by atoms with Crippen molar-refractivity contribution in [2.24, 2.45) is 0 Å². The first-order chi connectivity index (χ1) is 11.1. The van der Waals surface area contributed by atoms with E-state index in [4.69, 9.17) is 10.3 Å². The third-order valence-electron chi connectivity index (χ3n) is 4.27. The summed E-state index contributed by atoms with van der Waals surface area (Å²) >= 11 is 0. The lowest BCUT2D eigenvalue weighted by Crippen LogP contribution is -2.36. The molecule has 0 unspecified atom stereocenters. The van der Waals surface area contributed by atoms with Crippen LogP contribution in [0.25, 0.3) is 6.08 Å². The summed E-state index contributed by atoms with van der Waals surface area (Å²) < 4.78 is 4.92. The third-order valence-corrected chi connectivity index (χ3v) is 4.27. The molecule has 120 valence electrons. The van der Waals surface area contributed by atoms with Crippen LogP contribution in [-0.4, -0.2) is 29.1 Å². The number of benzene rings is 1. The maximum absolute atomic E-state index is 12.3. The third kappa shape index (κ3) is 3.80. The molecule has 0 bridgehead atoms. The molecule has 2 heterocycles. The van der Waals surface area contributed by atoms with E-state index in [-0.39, 0.29) is 5.91 Å². The Morgan fingerprint density at radius 1 is 1.30 bits per heavy atom. The topological polar surface area (TPSA) is 72.4 Å². The predicted molar refractivity (Wildman–Crippen MR) is 89.7 cm³/mol. The van der Waals surface area contributed by atoms with Gasteiger partial charge in [0.2, 0.25) is 11.8 Å². The summed E-state index contributed by atoms with van der Waals surface area (Å²) in [5, 5.41) is 3.97. The highest BCUT2D eigenvalue weighted by molar-refractivity contribution is 5.91. The van der Waals surface area contributed by atoms with E-state index in [2.05, 4.69) is 5.16 Å². The average molecular weight is 311 g/mol. The molecule has 0 saturated carbocycles. The van der Waals surface area contributed by atoms with E-state index in [0.29, 0.717) is 11.8 Å². The van der Waals surface area contributed by atoms with Gasteiger partial charge in [-0.2, -0.15) is 0 Å². The van der Waals surface area contributed by atoms with Gasteiger partial charge in [0.25, 0.3) is 0 Å². The number of amides is 1. The molecule has 2 N–H and O–H groups in total. The van der Waals surface area contributed by atoms with Crippen LogP contribution < -0.4 is 5.73 Å². The van der Waals surface area contributed by atoms with Crippen molar-refractivity contribution >= 4 is 17.9 Å². The molecule has 0 aliphatic carbocycles. The van der Waals surface area contributed by atoms with Gasteiger partial charge in [-0.1, -0.05) is 35.0 Å². The summed E-state index contributed by atoms with van der Waals surface area (Å²) in [5.74, 6) is 0.726. The van der Waals surface area contributed by atoms with Crippen LogP contribution in [0.1, 0.15) is 35.6 Å². The summed E-state index contributed by atoms with van der Waals surface area (Å²) in [6.07, 6.45) is 5.29. The zero-order valence-corrected chi connectivity index (χ0v) is 13.2. The number of hydrogen-bond donors (Lipinski definition) is 1. The second-order valence-electron chi connectivity index (χ2n) is 6.00. The fraction of sp³-hybridized carbons (Fsp3) is 0.333. The van der Waals surface area contributed by atoms with Crippen molar-refractivity contribution in [3.63, 3.8) is 0 Å². The number of piperidine rings is 1. The first-order valence-electron chi connectivity index (χ1n) is 7.87. The lowest BCUT2D eigenvalue weighted by Gasteiger charge is -2.30. The van der Waals surface area contributed by atoms with Crippen LogP contribution in [0, 0.1) is 6.92 Å². The van der Waals surface area contributed by atoms with E-state index in [1.165, 1.54) is 5.56 Å². The number of carbonyl (C=O) groups is 1. The number of likely N-dealkylation sites (tertiary alicyclic amines) is 1. The second-order valence-corrected chi connectivity index (χ2v) is 6.00. The molecule has 1 aromatic carbocycles. The van der Waals surface area contributed by atoms with E-state index >= 15 is 0 Å². The Labute approximate surface area is 135 Å². The van der Waals surface area contributed by atoms with E-state index in [1.54, 1.807) is 12.1 Å². The molecule has 1 aliphatic heterocycles. The Kier molecular flexibility index (Phi) is 4.46. The standard InChI is InChI=1S/C18H21N3O2/c1-13-2-4-14(5-3-13)6-7-18(22)21-10-8-15(9-11-21)16-12-17(19)23-20-16/h2-7,12,15H,8-11,19H2,1H3. The second kappa shape index (κ2) is 6.69. The van der Waals surface area contributed by atoms with Crippen molar-refractivity contribution < 1.29 is 9.32 Å². The number of aryl methyl sites for hydroxylation is 1. The van der Waals surface area contributed by atoms with Gasteiger partial charge in [-0.15, -0.1) is 0 Å². The normalized spacial score (nSPS) is 16.1. The average Bonchev–Trinajstić information content (AvgIpc) is 3.01. The molecular weight excluding hydrogens is 290 g/mol. The molecule has 23 heavy (non-hydrogen) atoms. The van der Waals surface area contributed by atoms with E-state index in [1.807, 2.05) is 42.2 Å². The SMILES string of the molecule is Cc1ccc(C=CC(=O)N2CCC(c3cc(N)on3)CC2)cc1. The van der Waals surface area contributed by atoms with E-state index in [9.17, 15) is 4.79 Å². The van der Waals surface area contributed by atoms with Gasteiger partial charge in [0.1, 0.15) is 0 Å². The molecule has 1 aromatic heterocycles. The first-order valence-corrected chi connectivity index (χ1v) is 7.87. The van der Waals surface area contributed by atoms with Crippen LogP contribution in [0.2, 0.25) is 0 Å². The minimum absolute atomic E-state index is 0.0590. The lowest BCUT2D eigenvalue weighted by molar-refractivity contribution is -0.126. The smallest absolute Gasteiger partial charge is 0.246 e. The van der Waals surface area contributed by atoms with Crippen LogP contribution in [0.15, 0.2) is 40.9 Å². The van der Waals surface area contributed by atoms with Crippen molar-refractivity contribution in [2.75, 3.05) is 18.8 Å². The highest BCUT2D eigenvalue weighted by Crippen LogP contribution is 2.28. The molecule has 3 rings (SSSR count). The molecule has 0 atom stereocenters. The summed E-state index contributed by atoms with van der Waals surface area (Å²) in [6, 6.07) is 9.89. The number of nitrogens with zero attached hydrogens (tertiary/aromatic N) is 2. The Bertz CT molecular complexity index is 695. The van der Waals surface area contributed by atoms with Gasteiger partial charge < -0.3 is 15.2 Å². The summed E-state index contributed by atoms with van der Waals surface area (Å²) in [5.41, 5.74) is 8.71. The summed E-state index contributed by atoms with van der Waals surface area (Å²) in [7, 11) is 0. The highest BCUT2D eigenvalue weighted by atomic mass is 16.5. The lowest BCUT2D eigenvalue weighted by atomic mass is 9.93. The number of anilines is 1. The summed E-state index contributed by atoms with van der Waals surface area (Å²) in [4.78, 5) is 14.2. The quantitative estimate of drug-likeness (QED) is 0.885. The van der Waals surface area contributed by atoms with Gasteiger partial charge in [-0.3, -0.25) is 4.79 Å². The van der Waals surface area contributed by atoms with Crippen LogP contribution >= 0.6 is 0 Å². The molecule has 5 nitrogen and oxygen atoms in total. The van der Waals surface area contributed by atoms with Crippen LogP contribution in [0.3, 0.4) is 0 Å². The molecule has 1 amide bonds. The minimum Gasteiger partial charge on any atom is -0.368 e. The minimum atomic E-state index is 0.0590.